The zero-order valence-corrected chi connectivity index (χ0v) is 10.1. The molecule has 16 heavy (non-hydrogen) atoms. The van der Waals surface area contributed by atoms with Gasteiger partial charge in [-0.3, -0.25) is 4.90 Å². The normalized spacial score (nSPS) is 17.4. The highest BCUT2D eigenvalue weighted by molar-refractivity contribution is 6.31. The van der Waals surface area contributed by atoms with Crippen LogP contribution in [0.3, 0.4) is 0 Å². The number of rotatable bonds is 3. The second-order valence-corrected chi connectivity index (χ2v) is 4.27. The standard InChI is InChI=1S/C11H16ClN3O/c1-16-11-10(12)6-9(7-14-11)8-15-4-2-13-3-5-15/h6-7,13H,2-5,8H2,1H3. The quantitative estimate of drug-likeness (QED) is 0.862. The van der Waals surface area contributed by atoms with Gasteiger partial charge in [0, 0.05) is 38.9 Å². The summed E-state index contributed by atoms with van der Waals surface area (Å²) in [5.41, 5.74) is 1.13. The first-order chi connectivity index (χ1) is 7.79. The summed E-state index contributed by atoms with van der Waals surface area (Å²) in [4.78, 5) is 6.55. The van der Waals surface area contributed by atoms with Crippen LogP contribution in [0.25, 0.3) is 0 Å². The van der Waals surface area contributed by atoms with Crippen molar-refractivity contribution in [3.8, 4) is 5.88 Å². The molecular weight excluding hydrogens is 226 g/mol. The van der Waals surface area contributed by atoms with Crippen LogP contribution in [0.15, 0.2) is 12.3 Å². The smallest absolute Gasteiger partial charge is 0.232 e. The van der Waals surface area contributed by atoms with Gasteiger partial charge in [0.1, 0.15) is 5.02 Å². The van der Waals surface area contributed by atoms with Crippen LogP contribution < -0.4 is 10.1 Å². The maximum atomic E-state index is 6.03. The van der Waals surface area contributed by atoms with Gasteiger partial charge in [0.2, 0.25) is 5.88 Å². The Labute approximate surface area is 101 Å². The summed E-state index contributed by atoms with van der Waals surface area (Å²) in [6, 6.07) is 1.93. The zero-order valence-electron chi connectivity index (χ0n) is 9.37. The Bertz CT molecular complexity index is 353. The molecule has 2 heterocycles. The van der Waals surface area contributed by atoms with Crippen molar-refractivity contribution < 1.29 is 4.74 Å². The van der Waals surface area contributed by atoms with E-state index >= 15 is 0 Å². The molecule has 1 aliphatic rings. The number of aromatic nitrogens is 1. The number of nitrogens with zero attached hydrogens (tertiary/aromatic N) is 2. The van der Waals surface area contributed by atoms with E-state index in [1.807, 2.05) is 12.3 Å². The molecule has 1 aliphatic heterocycles. The number of ether oxygens (including phenoxy) is 1. The third-order valence-electron chi connectivity index (χ3n) is 2.67. The molecule has 4 nitrogen and oxygen atoms in total. The fourth-order valence-corrected chi connectivity index (χ4v) is 2.10. The van der Waals surface area contributed by atoms with Crippen LogP contribution in [0.4, 0.5) is 0 Å². The molecule has 1 fully saturated rings. The molecule has 0 radical (unpaired) electrons. The average Bonchev–Trinajstić information content (AvgIpc) is 2.31. The van der Waals surface area contributed by atoms with Crippen molar-refractivity contribution in [2.24, 2.45) is 0 Å². The first-order valence-electron chi connectivity index (χ1n) is 5.41. The van der Waals surface area contributed by atoms with Crippen LogP contribution >= 0.6 is 11.6 Å². The number of hydrogen-bond donors (Lipinski definition) is 1. The summed E-state index contributed by atoms with van der Waals surface area (Å²) < 4.78 is 5.02. The van der Waals surface area contributed by atoms with Crippen molar-refractivity contribution in [2.75, 3.05) is 33.3 Å². The van der Waals surface area contributed by atoms with E-state index in [9.17, 15) is 0 Å². The highest BCUT2D eigenvalue weighted by Crippen LogP contribution is 2.22. The lowest BCUT2D eigenvalue weighted by Gasteiger charge is -2.27. The summed E-state index contributed by atoms with van der Waals surface area (Å²) >= 11 is 6.03. The molecule has 88 valence electrons. The molecule has 1 saturated heterocycles. The van der Waals surface area contributed by atoms with Crippen molar-refractivity contribution in [3.05, 3.63) is 22.8 Å². The van der Waals surface area contributed by atoms with Crippen LogP contribution in [-0.4, -0.2) is 43.2 Å². The van der Waals surface area contributed by atoms with Gasteiger partial charge in [-0.05, 0) is 11.6 Å². The first-order valence-corrected chi connectivity index (χ1v) is 5.79. The SMILES string of the molecule is COc1ncc(CN2CCNCC2)cc1Cl. The summed E-state index contributed by atoms with van der Waals surface area (Å²) in [5, 5.41) is 3.91. The number of pyridine rings is 1. The molecule has 1 aromatic heterocycles. The molecule has 5 heteroatoms. The number of hydrogen-bond acceptors (Lipinski definition) is 4. The van der Waals surface area contributed by atoms with Crippen molar-refractivity contribution in [1.82, 2.24) is 15.2 Å². The molecule has 0 aliphatic carbocycles. The van der Waals surface area contributed by atoms with E-state index in [4.69, 9.17) is 16.3 Å². The van der Waals surface area contributed by atoms with E-state index in [1.54, 1.807) is 7.11 Å². The zero-order chi connectivity index (χ0) is 11.4. The molecule has 0 saturated carbocycles. The predicted octanol–water partition coefficient (Wildman–Crippen LogP) is 1.15. The second kappa shape index (κ2) is 5.48. The average molecular weight is 242 g/mol. The highest BCUT2D eigenvalue weighted by atomic mass is 35.5. The van der Waals surface area contributed by atoms with Crippen molar-refractivity contribution in [1.29, 1.82) is 0 Å². The van der Waals surface area contributed by atoms with Crippen molar-refractivity contribution in [3.63, 3.8) is 0 Å². The van der Waals surface area contributed by atoms with Gasteiger partial charge in [0.15, 0.2) is 0 Å². The van der Waals surface area contributed by atoms with Gasteiger partial charge in [-0.25, -0.2) is 4.98 Å². The van der Waals surface area contributed by atoms with Gasteiger partial charge in [0.25, 0.3) is 0 Å². The largest absolute Gasteiger partial charge is 0.480 e. The Morgan fingerprint density at radius 2 is 2.25 bits per heavy atom. The van der Waals surface area contributed by atoms with Gasteiger partial charge < -0.3 is 10.1 Å². The molecule has 0 spiro atoms. The summed E-state index contributed by atoms with van der Waals surface area (Å²) in [5.74, 6) is 0.491. The van der Waals surface area contributed by atoms with Crippen LogP contribution in [0, 0.1) is 0 Å². The lowest BCUT2D eigenvalue weighted by atomic mass is 10.2. The second-order valence-electron chi connectivity index (χ2n) is 3.86. The van der Waals surface area contributed by atoms with E-state index in [0.717, 1.165) is 38.3 Å². The van der Waals surface area contributed by atoms with Gasteiger partial charge in [-0.15, -0.1) is 0 Å². The van der Waals surface area contributed by atoms with Crippen molar-refractivity contribution in [2.45, 2.75) is 6.54 Å². The van der Waals surface area contributed by atoms with Crippen LogP contribution in [-0.2, 0) is 6.54 Å². The lowest BCUT2D eigenvalue weighted by Crippen LogP contribution is -2.42. The summed E-state index contributed by atoms with van der Waals surface area (Å²) in [6.45, 7) is 5.15. The maximum absolute atomic E-state index is 6.03. The third kappa shape index (κ3) is 2.84. The molecule has 2 rings (SSSR count). The molecular formula is C11H16ClN3O. The summed E-state index contributed by atoms with van der Waals surface area (Å²) in [6.07, 6.45) is 1.83. The number of nitrogens with one attached hydrogen (secondary N) is 1. The van der Waals surface area contributed by atoms with Crippen LogP contribution in [0.1, 0.15) is 5.56 Å². The van der Waals surface area contributed by atoms with Gasteiger partial charge in [-0.1, -0.05) is 11.6 Å². The Morgan fingerprint density at radius 1 is 1.50 bits per heavy atom. The van der Waals surface area contributed by atoms with Crippen LogP contribution in [0.5, 0.6) is 5.88 Å². The number of methoxy groups -OCH3 is 1. The van der Waals surface area contributed by atoms with Crippen molar-refractivity contribution >= 4 is 11.6 Å². The molecule has 0 aromatic carbocycles. The van der Waals surface area contributed by atoms with E-state index in [1.165, 1.54) is 0 Å². The molecule has 0 bridgehead atoms. The number of halogens is 1. The Kier molecular flexibility index (Phi) is 3.98. The maximum Gasteiger partial charge on any atom is 0.232 e. The fourth-order valence-electron chi connectivity index (χ4n) is 1.83. The van der Waals surface area contributed by atoms with E-state index < -0.39 is 0 Å². The third-order valence-corrected chi connectivity index (χ3v) is 2.94. The van der Waals surface area contributed by atoms with E-state index in [0.29, 0.717) is 10.9 Å². The molecule has 1 N–H and O–H groups in total. The Hall–Kier alpha value is -0.840. The molecule has 0 amide bonds. The number of piperazine rings is 1. The highest BCUT2D eigenvalue weighted by Gasteiger charge is 2.11. The fraction of sp³-hybridized carbons (Fsp3) is 0.545. The van der Waals surface area contributed by atoms with Gasteiger partial charge >= 0.3 is 0 Å². The van der Waals surface area contributed by atoms with Gasteiger partial charge in [0.05, 0.1) is 7.11 Å². The molecule has 0 atom stereocenters. The minimum absolute atomic E-state index is 0.491. The minimum atomic E-state index is 0.491. The monoisotopic (exact) mass is 241 g/mol. The lowest BCUT2D eigenvalue weighted by molar-refractivity contribution is 0.233. The van der Waals surface area contributed by atoms with E-state index in [2.05, 4.69) is 15.2 Å². The topological polar surface area (TPSA) is 37.4 Å². The summed E-state index contributed by atoms with van der Waals surface area (Å²) in [7, 11) is 1.57. The minimum Gasteiger partial charge on any atom is -0.480 e. The molecule has 0 unspecified atom stereocenters. The molecule has 1 aromatic rings. The van der Waals surface area contributed by atoms with Gasteiger partial charge in [-0.2, -0.15) is 0 Å². The first kappa shape index (κ1) is 11.6. The Balaban J connectivity index is 2.01. The van der Waals surface area contributed by atoms with Crippen LogP contribution in [0.2, 0.25) is 5.02 Å². The predicted molar refractivity (Wildman–Crippen MR) is 63.9 cm³/mol. The Morgan fingerprint density at radius 3 is 2.88 bits per heavy atom. The van der Waals surface area contributed by atoms with E-state index in [-0.39, 0.29) is 0 Å².